The third-order valence-corrected chi connectivity index (χ3v) is 2.19. The highest BCUT2D eigenvalue weighted by Crippen LogP contribution is 2.12. The third-order valence-electron chi connectivity index (χ3n) is 2.19. The fraction of sp³-hybridized carbons (Fsp3) is 0.727. The minimum atomic E-state index is -0.303. The highest BCUT2D eigenvalue weighted by molar-refractivity contribution is 5.91. The maximum absolute atomic E-state index is 10.7. The molecule has 0 heterocycles. The van der Waals surface area contributed by atoms with Crippen LogP contribution in [0.15, 0.2) is 11.6 Å². The van der Waals surface area contributed by atoms with Gasteiger partial charge in [-0.05, 0) is 19.3 Å². The Bertz CT molecular complexity index is 185. The molecule has 0 bridgehead atoms. The van der Waals surface area contributed by atoms with Gasteiger partial charge in [0.2, 0.25) is 5.91 Å². The van der Waals surface area contributed by atoms with Crippen molar-refractivity contribution in [2.45, 2.75) is 46.5 Å². The average molecular weight is 183 g/mol. The summed E-state index contributed by atoms with van der Waals surface area (Å²) in [4.78, 5) is 10.7. The van der Waals surface area contributed by atoms with Gasteiger partial charge in [0, 0.05) is 5.57 Å². The Morgan fingerprint density at radius 1 is 1.46 bits per heavy atom. The van der Waals surface area contributed by atoms with Crippen LogP contribution in [-0.4, -0.2) is 5.91 Å². The number of hydrogen-bond donors (Lipinski definition) is 1. The second-order valence-electron chi connectivity index (χ2n) is 3.69. The molecule has 2 nitrogen and oxygen atoms in total. The van der Waals surface area contributed by atoms with Crippen molar-refractivity contribution in [3.63, 3.8) is 0 Å². The highest BCUT2D eigenvalue weighted by atomic mass is 16.1. The second-order valence-corrected chi connectivity index (χ2v) is 3.69. The van der Waals surface area contributed by atoms with Crippen molar-refractivity contribution in [2.24, 2.45) is 11.7 Å². The Balaban J connectivity index is 3.78. The molecular formula is C11H21NO. The monoisotopic (exact) mass is 183 g/mol. The molecule has 0 rings (SSSR count). The van der Waals surface area contributed by atoms with Gasteiger partial charge in [-0.15, -0.1) is 0 Å². The zero-order valence-electron chi connectivity index (χ0n) is 8.97. The zero-order valence-corrected chi connectivity index (χ0v) is 8.97. The largest absolute Gasteiger partial charge is 0.366 e. The summed E-state index contributed by atoms with van der Waals surface area (Å²) in [7, 11) is 0. The lowest BCUT2D eigenvalue weighted by atomic mass is 10.0. The number of rotatable bonds is 6. The lowest BCUT2D eigenvalue weighted by Gasteiger charge is -2.06. The highest BCUT2D eigenvalue weighted by Gasteiger charge is 2.01. The molecule has 0 aromatic carbocycles. The lowest BCUT2D eigenvalue weighted by molar-refractivity contribution is -0.114. The summed E-state index contributed by atoms with van der Waals surface area (Å²) < 4.78 is 0. The van der Waals surface area contributed by atoms with Gasteiger partial charge in [0.1, 0.15) is 0 Å². The summed E-state index contributed by atoms with van der Waals surface area (Å²) in [5, 5.41) is 0. The molecule has 0 radical (unpaired) electrons. The molecule has 0 aromatic rings. The molecule has 1 unspecified atom stereocenters. The molecule has 0 aliphatic carbocycles. The van der Waals surface area contributed by atoms with E-state index in [4.69, 9.17) is 5.73 Å². The maximum atomic E-state index is 10.7. The van der Waals surface area contributed by atoms with Gasteiger partial charge in [-0.25, -0.2) is 0 Å². The zero-order chi connectivity index (χ0) is 10.3. The number of unbranched alkanes of at least 4 members (excludes halogenated alkanes) is 2. The van der Waals surface area contributed by atoms with Crippen molar-refractivity contribution in [3.05, 3.63) is 11.6 Å². The molecule has 0 fully saturated rings. The molecule has 0 aliphatic rings. The van der Waals surface area contributed by atoms with Crippen LogP contribution in [0.4, 0.5) is 0 Å². The predicted octanol–water partition coefficient (Wildman–Crippen LogP) is 2.63. The normalized spacial score (nSPS) is 14.2. The fourth-order valence-corrected chi connectivity index (χ4v) is 1.31. The van der Waals surface area contributed by atoms with Gasteiger partial charge in [0.05, 0.1) is 0 Å². The average Bonchev–Trinajstić information content (AvgIpc) is 2.04. The predicted molar refractivity (Wildman–Crippen MR) is 56.3 cm³/mol. The molecule has 0 saturated heterocycles. The molecule has 2 heteroatoms. The summed E-state index contributed by atoms with van der Waals surface area (Å²) in [6.45, 7) is 6.09. The Kier molecular flexibility index (Phi) is 6.29. The summed E-state index contributed by atoms with van der Waals surface area (Å²) in [6.07, 6.45) is 6.87. The van der Waals surface area contributed by atoms with E-state index in [9.17, 15) is 4.79 Å². The first-order valence-electron chi connectivity index (χ1n) is 5.06. The number of allylic oxidation sites excluding steroid dienone is 1. The molecule has 0 aromatic heterocycles. The SMILES string of the molecule is CCCCCC(C)/C=C(/C)C(N)=O. The first-order chi connectivity index (χ1) is 6.07. The van der Waals surface area contributed by atoms with Crippen LogP contribution in [0.5, 0.6) is 0 Å². The summed E-state index contributed by atoms with van der Waals surface area (Å²) in [6, 6.07) is 0. The molecule has 1 amide bonds. The van der Waals surface area contributed by atoms with E-state index in [0.717, 1.165) is 6.42 Å². The topological polar surface area (TPSA) is 43.1 Å². The number of carbonyl (C=O) groups excluding carboxylic acids is 1. The Labute approximate surface area is 81.2 Å². The summed E-state index contributed by atoms with van der Waals surface area (Å²) in [5.41, 5.74) is 5.82. The number of carbonyl (C=O) groups is 1. The van der Waals surface area contributed by atoms with Crippen LogP contribution >= 0.6 is 0 Å². The van der Waals surface area contributed by atoms with Crippen molar-refractivity contribution in [2.75, 3.05) is 0 Å². The first-order valence-corrected chi connectivity index (χ1v) is 5.06. The van der Waals surface area contributed by atoms with Gasteiger partial charge >= 0.3 is 0 Å². The summed E-state index contributed by atoms with van der Waals surface area (Å²) >= 11 is 0. The van der Waals surface area contributed by atoms with Gasteiger partial charge in [-0.2, -0.15) is 0 Å². The molecule has 0 spiro atoms. The number of amides is 1. The van der Waals surface area contributed by atoms with E-state index in [1.165, 1.54) is 19.3 Å². The molecule has 2 N–H and O–H groups in total. The Morgan fingerprint density at radius 3 is 2.54 bits per heavy atom. The Hall–Kier alpha value is -0.790. The molecule has 13 heavy (non-hydrogen) atoms. The van der Waals surface area contributed by atoms with Crippen molar-refractivity contribution >= 4 is 5.91 Å². The molecule has 0 aliphatic heterocycles. The Morgan fingerprint density at radius 2 is 2.08 bits per heavy atom. The van der Waals surface area contributed by atoms with Crippen LogP contribution in [0.2, 0.25) is 0 Å². The fourth-order valence-electron chi connectivity index (χ4n) is 1.31. The van der Waals surface area contributed by atoms with Crippen molar-refractivity contribution < 1.29 is 4.79 Å². The standard InChI is InChI=1S/C11H21NO/c1-4-5-6-7-9(2)8-10(3)11(12)13/h8-9H,4-7H2,1-3H3,(H2,12,13)/b10-8-. The van der Waals surface area contributed by atoms with Crippen molar-refractivity contribution in [1.29, 1.82) is 0 Å². The van der Waals surface area contributed by atoms with Crippen LogP contribution in [0.3, 0.4) is 0 Å². The second kappa shape index (κ2) is 6.70. The first kappa shape index (κ1) is 12.2. The van der Waals surface area contributed by atoms with Gasteiger partial charge in [-0.1, -0.05) is 39.2 Å². The molecule has 1 atom stereocenters. The number of nitrogens with two attached hydrogens (primary N) is 1. The van der Waals surface area contributed by atoms with E-state index < -0.39 is 0 Å². The lowest BCUT2D eigenvalue weighted by Crippen LogP contribution is -2.12. The van der Waals surface area contributed by atoms with E-state index in [1.54, 1.807) is 6.92 Å². The quantitative estimate of drug-likeness (QED) is 0.499. The van der Waals surface area contributed by atoms with Crippen LogP contribution < -0.4 is 5.73 Å². The van der Waals surface area contributed by atoms with E-state index in [-0.39, 0.29) is 5.91 Å². The summed E-state index contributed by atoms with van der Waals surface area (Å²) in [5.74, 6) is 0.168. The van der Waals surface area contributed by atoms with E-state index in [2.05, 4.69) is 13.8 Å². The number of primary amides is 1. The van der Waals surface area contributed by atoms with Crippen LogP contribution in [0, 0.1) is 5.92 Å². The van der Waals surface area contributed by atoms with Crippen LogP contribution in [-0.2, 0) is 4.79 Å². The molecular weight excluding hydrogens is 162 g/mol. The van der Waals surface area contributed by atoms with Crippen LogP contribution in [0.1, 0.15) is 46.5 Å². The molecule has 76 valence electrons. The minimum Gasteiger partial charge on any atom is -0.366 e. The van der Waals surface area contributed by atoms with Crippen molar-refractivity contribution in [3.8, 4) is 0 Å². The van der Waals surface area contributed by atoms with E-state index >= 15 is 0 Å². The molecule has 0 saturated carbocycles. The third kappa shape index (κ3) is 6.38. The smallest absolute Gasteiger partial charge is 0.244 e. The van der Waals surface area contributed by atoms with Gasteiger partial charge in [-0.3, -0.25) is 4.79 Å². The van der Waals surface area contributed by atoms with Gasteiger partial charge in [0.25, 0.3) is 0 Å². The minimum absolute atomic E-state index is 0.303. The van der Waals surface area contributed by atoms with E-state index in [1.807, 2.05) is 6.08 Å². The number of hydrogen-bond acceptors (Lipinski definition) is 1. The van der Waals surface area contributed by atoms with Gasteiger partial charge in [0.15, 0.2) is 0 Å². The van der Waals surface area contributed by atoms with Crippen LogP contribution in [0.25, 0.3) is 0 Å². The van der Waals surface area contributed by atoms with Crippen molar-refractivity contribution in [1.82, 2.24) is 0 Å². The van der Waals surface area contributed by atoms with Gasteiger partial charge < -0.3 is 5.73 Å². The maximum Gasteiger partial charge on any atom is 0.244 e. The van der Waals surface area contributed by atoms with E-state index in [0.29, 0.717) is 11.5 Å².